The summed E-state index contributed by atoms with van der Waals surface area (Å²) in [6, 6.07) is 61.2. The molecule has 0 unspecified atom stereocenters. The van der Waals surface area contributed by atoms with E-state index in [1.807, 2.05) is 6.07 Å². The van der Waals surface area contributed by atoms with Gasteiger partial charge >= 0.3 is 0 Å². The third-order valence-electron chi connectivity index (χ3n) is 10.1. The van der Waals surface area contributed by atoms with Crippen molar-refractivity contribution in [1.82, 2.24) is 9.97 Å². The Labute approximate surface area is 273 Å². The second-order valence-electron chi connectivity index (χ2n) is 12.5. The van der Waals surface area contributed by atoms with Crippen LogP contribution in [-0.4, -0.2) is 9.97 Å². The van der Waals surface area contributed by atoms with E-state index in [1.165, 1.54) is 55.3 Å². The normalized spacial score (nSPS) is 13.3. The first kappa shape index (κ1) is 26.1. The zero-order valence-electron chi connectivity index (χ0n) is 25.6. The van der Waals surface area contributed by atoms with E-state index >= 15 is 0 Å². The van der Waals surface area contributed by atoms with Crippen molar-refractivity contribution >= 4 is 10.8 Å². The predicted molar refractivity (Wildman–Crippen MR) is 192 cm³/mol. The molecule has 2 aliphatic rings. The van der Waals surface area contributed by atoms with Gasteiger partial charge in [-0.05, 0) is 67.4 Å². The number of fused-ring (bicyclic) bond motifs is 11. The van der Waals surface area contributed by atoms with Crippen LogP contribution in [0.1, 0.15) is 22.3 Å². The summed E-state index contributed by atoms with van der Waals surface area (Å²) in [6.07, 6.45) is 0. The molecular formula is C45H28N2. The van der Waals surface area contributed by atoms with Crippen molar-refractivity contribution in [3.63, 3.8) is 0 Å². The molecule has 0 bridgehead atoms. The molecule has 1 aromatic heterocycles. The van der Waals surface area contributed by atoms with Gasteiger partial charge < -0.3 is 0 Å². The number of hydrogen-bond donors (Lipinski definition) is 0. The second-order valence-corrected chi connectivity index (χ2v) is 12.5. The fraction of sp³-hybridized carbons (Fsp3) is 0.0222. The van der Waals surface area contributed by atoms with E-state index in [-0.39, 0.29) is 0 Å². The number of rotatable bonds is 3. The van der Waals surface area contributed by atoms with E-state index in [1.54, 1.807) is 0 Å². The van der Waals surface area contributed by atoms with Crippen LogP contribution in [0.5, 0.6) is 0 Å². The Kier molecular flexibility index (Phi) is 5.53. The van der Waals surface area contributed by atoms with Crippen LogP contribution in [0.25, 0.3) is 66.9 Å². The summed E-state index contributed by atoms with van der Waals surface area (Å²) in [5.74, 6) is 0.724. The van der Waals surface area contributed by atoms with Gasteiger partial charge in [-0.1, -0.05) is 158 Å². The standard InChI is InChI=1S/C45H28N2/c1-2-14-30(15-3-1)41-28-42(47-44(46-41)32-26-25-29-13-4-5-16-31(29)27-32)36-20-12-24-40-43(36)35-19-8-11-23-39(35)45(40)37-21-9-6-17-33(37)34-18-7-10-22-38(34)45/h1-28H. The van der Waals surface area contributed by atoms with Gasteiger partial charge in [-0.3, -0.25) is 0 Å². The second kappa shape index (κ2) is 9.94. The zero-order chi connectivity index (χ0) is 31.0. The summed E-state index contributed by atoms with van der Waals surface area (Å²) in [5, 5.41) is 2.38. The molecule has 0 radical (unpaired) electrons. The van der Waals surface area contributed by atoms with E-state index in [0.29, 0.717) is 0 Å². The predicted octanol–water partition coefficient (Wildman–Crippen LogP) is 11.0. The number of nitrogens with zero attached hydrogens (tertiary/aromatic N) is 2. The molecule has 218 valence electrons. The van der Waals surface area contributed by atoms with Crippen LogP contribution in [0.3, 0.4) is 0 Å². The van der Waals surface area contributed by atoms with E-state index in [0.717, 1.165) is 33.9 Å². The van der Waals surface area contributed by atoms with Gasteiger partial charge in [-0.2, -0.15) is 0 Å². The highest BCUT2D eigenvalue weighted by molar-refractivity contribution is 6.00. The van der Waals surface area contributed by atoms with Gasteiger partial charge in [0.2, 0.25) is 0 Å². The molecule has 0 aliphatic heterocycles. The third-order valence-corrected chi connectivity index (χ3v) is 10.1. The Morgan fingerprint density at radius 2 is 0.894 bits per heavy atom. The lowest BCUT2D eigenvalue weighted by Gasteiger charge is -2.30. The van der Waals surface area contributed by atoms with Crippen LogP contribution >= 0.6 is 0 Å². The first-order valence-electron chi connectivity index (χ1n) is 16.2. The summed E-state index contributed by atoms with van der Waals surface area (Å²) < 4.78 is 0. The number of benzene rings is 7. The highest BCUT2D eigenvalue weighted by atomic mass is 14.9. The van der Waals surface area contributed by atoms with Gasteiger partial charge in [0.15, 0.2) is 5.82 Å². The monoisotopic (exact) mass is 596 g/mol. The fourth-order valence-corrected chi connectivity index (χ4v) is 8.16. The highest BCUT2D eigenvalue weighted by Crippen LogP contribution is 2.63. The average Bonchev–Trinajstić information content (AvgIpc) is 3.62. The van der Waals surface area contributed by atoms with E-state index in [2.05, 4.69) is 164 Å². The number of hydrogen-bond acceptors (Lipinski definition) is 2. The minimum absolute atomic E-state index is 0.397. The van der Waals surface area contributed by atoms with Gasteiger partial charge in [0.25, 0.3) is 0 Å². The lowest BCUT2D eigenvalue weighted by molar-refractivity contribution is 0.794. The Morgan fingerprint density at radius 3 is 1.64 bits per heavy atom. The Balaban J connectivity index is 1.27. The number of aromatic nitrogens is 2. The van der Waals surface area contributed by atoms with Crippen LogP contribution in [0.15, 0.2) is 170 Å². The van der Waals surface area contributed by atoms with Crippen LogP contribution in [-0.2, 0) is 5.41 Å². The molecule has 2 heteroatoms. The summed E-state index contributed by atoms with van der Waals surface area (Å²) >= 11 is 0. The van der Waals surface area contributed by atoms with Crippen molar-refractivity contribution in [1.29, 1.82) is 0 Å². The van der Waals surface area contributed by atoms with Crippen LogP contribution < -0.4 is 0 Å². The smallest absolute Gasteiger partial charge is 0.160 e. The molecular weight excluding hydrogens is 569 g/mol. The van der Waals surface area contributed by atoms with Crippen molar-refractivity contribution in [2.75, 3.05) is 0 Å². The minimum Gasteiger partial charge on any atom is -0.228 e. The summed E-state index contributed by atoms with van der Waals surface area (Å²) in [6.45, 7) is 0. The largest absolute Gasteiger partial charge is 0.228 e. The van der Waals surface area contributed by atoms with Crippen molar-refractivity contribution in [2.24, 2.45) is 0 Å². The SMILES string of the molecule is c1ccc(-c2cc(-c3cccc4c3-c3ccccc3C43c4ccccc4-c4ccccc43)nc(-c3ccc4ccccc4c3)n2)cc1. The van der Waals surface area contributed by atoms with Gasteiger partial charge in [0, 0.05) is 16.7 Å². The lowest BCUT2D eigenvalue weighted by atomic mass is 9.70. The van der Waals surface area contributed by atoms with Crippen molar-refractivity contribution in [3.8, 4) is 56.2 Å². The molecule has 0 saturated carbocycles. The first-order valence-corrected chi connectivity index (χ1v) is 16.2. The van der Waals surface area contributed by atoms with Gasteiger partial charge in [-0.25, -0.2) is 9.97 Å². The summed E-state index contributed by atoms with van der Waals surface area (Å²) in [7, 11) is 0. The van der Waals surface area contributed by atoms with E-state index in [9.17, 15) is 0 Å². The maximum atomic E-state index is 5.35. The van der Waals surface area contributed by atoms with E-state index < -0.39 is 5.41 Å². The molecule has 0 atom stereocenters. The van der Waals surface area contributed by atoms with Crippen molar-refractivity contribution in [2.45, 2.75) is 5.41 Å². The lowest BCUT2D eigenvalue weighted by Crippen LogP contribution is -2.25. The van der Waals surface area contributed by atoms with Gasteiger partial charge in [0.1, 0.15) is 0 Å². The summed E-state index contributed by atoms with van der Waals surface area (Å²) in [4.78, 5) is 10.5. The van der Waals surface area contributed by atoms with Crippen molar-refractivity contribution < 1.29 is 0 Å². The molecule has 0 saturated heterocycles. The molecule has 7 aromatic carbocycles. The van der Waals surface area contributed by atoms with Crippen LogP contribution in [0.2, 0.25) is 0 Å². The van der Waals surface area contributed by atoms with Gasteiger partial charge in [0.05, 0.1) is 16.8 Å². The Morgan fingerprint density at radius 1 is 0.340 bits per heavy atom. The van der Waals surface area contributed by atoms with Crippen LogP contribution in [0.4, 0.5) is 0 Å². The Hall–Kier alpha value is -6.12. The molecule has 2 aliphatic carbocycles. The molecule has 0 N–H and O–H groups in total. The topological polar surface area (TPSA) is 25.8 Å². The molecule has 2 nitrogen and oxygen atoms in total. The molecule has 0 amide bonds. The highest BCUT2D eigenvalue weighted by Gasteiger charge is 2.52. The average molecular weight is 597 g/mol. The first-order chi connectivity index (χ1) is 23.3. The molecule has 1 spiro atoms. The van der Waals surface area contributed by atoms with E-state index in [4.69, 9.17) is 9.97 Å². The maximum Gasteiger partial charge on any atom is 0.160 e. The van der Waals surface area contributed by atoms with Gasteiger partial charge in [-0.15, -0.1) is 0 Å². The van der Waals surface area contributed by atoms with Crippen molar-refractivity contribution in [3.05, 3.63) is 192 Å². The Bertz CT molecular complexity index is 2480. The molecule has 10 rings (SSSR count). The zero-order valence-corrected chi connectivity index (χ0v) is 25.6. The third kappa shape index (κ3) is 3.67. The molecule has 8 aromatic rings. The maximum absolute atomic E-state index is 5.35. The molecule has 1 heterocycles. The molecule has 47 heavy (non-hydrogen) atoms. The molecule has 0 fully saturated rings. The minimum atomic E-state index is -0.397. The van der Waals surface area contributed by atoms with Crippen LogP contribution in [0, 0.1) is 0 Å². The quantitative estimate of drug-likeness (QED) is 0.203. The summed E-state index contributed by atoms with van der Waals surface area (Å²) in [5.41, 5.74) is 15.1. The fourth-order valence-electron chi connectivity index (χ4n) is 8.16.